The van der Waals surface area contributed by atoms with E-state index in [0.717, 1.165) is 25.3 Å². The van der Waals surface area contributed by atoms with E-state index in [1.165, 1.54) is 11.3 Å². The second-order valence-electron chi connectivity index (χ2n) is 4.50. The van der Waals surface area contributed by atoms with E-state index in [2.05, 4.69) is 40.2 Å². The zero-order valence-electron chi connectivity index (χ0n) is 11.5. The van der Waals surface area contributed by atoms with Crippen LogP contribution in [0.1, 0.15) is 18.2 Å². The number of nitrogens with one attached hydrogen (secondary N) is 1. The highest BCUT2D eigenvalue weighted by Crippen LogP contribution is 2.15. The van der Waals surface area contributed by atoms with Crippen molar-refractivity contribution in [3.8, 4) is 0 Å². The van der Waals surface area contributed by atoms with Crippen molar-refractivity contribution >= 4 is 5.69 Å². The summed E-state index contributed by atoms with van der Waals surface area (Å²) in [4.78, 5) is 10.6. The first-order valence-electron chi connectivity index (χ1n) is 6.55. The van der Waals surface area contributed by atoms with E-state index in [9.17, 15) is 0 Å². The molecule has 0 unspecified atom stereocenters. The van der Waals surface area contributed by atoms with Crippen LogP contribution in [0.5, 0.6) is 0 Å². The van der Waals surface area contributed by atoms with Gasteiger partial charge in [-0.2, -0.15) is 0 Å². The fourth-order valence-corrected chi connectivity index (χ4v) is 1.91. The van der Waals surface area contributed by atoms with E-state index in [-0.39, 0.29) is 0 Å². The molecule has 0 bridgehead atoms. The van der Waals surface area contributed by atoms with Crippen LogP contribution in [0, 0.1) is 0 Å². The van der Waals surface area contributed by atoms with Crippen molar-refractivity contribution in [2.45, 2.75) is 20.0 Å². The summed E-state index contributed by atoms with van der Waals surface area (Å²) in [5.41, 5.74) is 3.50. The number of hydrogen-bond donors (Lipinski definition) is 1. The van der Waals surface area contributed by atoms with Gasteiger partial charge in [0.1, 0.15) is 0 Å². The van der Waals surface area contributed by atoms with Gasteiger partial charge in [-0.15, -0.1) is 0 Å². The molecule has 0 aromatic carbocycles. The Morgan fingerprint density at radius 1 is 1.16 bits per heavy atom. The van der Waals surface area contributed by atoms with Crippen LogP contribution in [-0.4, -0.2) is 23.6 Å². The predicted octanol–water partition coefficient (Wildman–Crippen LogP) is 2.22. The standard InChI is InChI=1S/C15H20N4/c1-3-16-11-14-10-15(6-9-18-14)19(2)12-13-4-7-17-8-5-13/h4-10,16H,3,11-12H2,1-2H3. The predicted molar refractivity (Wildman–Crippen MR) is 78.0 cm³/mol. The highest BCUT2D eigenvalue weighted by atomic mass is 15.1. The molecule has 0 saturated carbocycles. The zero-order valence-corrected chi connectivity index (χ0v) is 11.5. The lowest BCUT2D eigenvalue weighted by Gasteiger charge is -2.19. The van der Waals surface area contributed by atoms with Gasteiger partial charge < -0.3 is 10.2 Å². The highest BCUT2D eigenvalue weighted by Gasteiger charge is 2.03. The Morgan fingerprint density at radius 2 is 1.95 bits per heavy atom. The Balaban J connectivity index is 2.04. The monoisotopic (exact) mass is 256 g/mol. The maximum Gasteiger partial charge on any atom is 0.0562 e. The van der Waals surface area contributed by atoms with Crippen molar-refractivity contribution in [2.75, 3.05) is 18.5 Å². The number of pyridine rings is 2. The van der Waals surface area contributed by atoms with Gasteiger partial charge in [0.15, 0.2) is 0 Å². The molecule has 0 atom stereocenters. The third-order valence-electron chi connectivity index (χ3n) is 2.97. The van der Waals surface area contributed by atoms with E-state index < -0.39 is 0 Å². The molecule has 0 aliphatic carbocycles. The summed E-state index contributed by atoms with van der Waals surface area (Å²) in [6.45, 7) is 4.73. The van der Waals surface area contributed by atoms with Gasteiger partial charge in [-0.05, 0) is 36.4 Å². The minimum atomic E-state index is 0.813. The molecule has 4 heteroatoms. The quantitative estimate of drug-likeness (QED) is 0.860. The lowest BCUT2D eigenvalue weighted by molar-refractivity contribution is 0.710. The van der Waals surface area contributed by atoms with E-state index in [4.69, 9.17) is 0 Å². The molecule has 19 heavy (non-hydrogen) atoms. The lowest BCUT2D eigenvalue weighted by atomic mass is 10.2. The summed E-state index contributed by atoms with van der Waals surface area (Å²) < 4.78 is 0. The Kier molecular flexibility index (Phi) is 4.86. The van der Waals surface area contributed by atoms with E-state index in [1.54, 1.807) is 0 Å². The first-order chi connectivity index (χ1) is 9.29. The summed E-state index contributed by atoms with van der Waals surface area (Å²) >= 11 is 0. The molecular weight excluding hydrogens is 236 g/mol. The molecule has 2 rings (SSSR count). The van der Waals surface area contributed by atoms with Crippen LogP contribution >= 0.6 is 0 Å². The Morgan fingerprint density at radius 3 is 2.68 bits per heavy atom. The summed E-state index contributed by atoms with van der Waals surface area (Å²) in [5, 5.41) is 3.29. The van der Waals surface area contributed by atoms with E-state index in [0.29, 0.717) is 0 Å². The Hall–Kier alpha value is -1.94. The van der Waals surface area contributed by atoms with Gasteiger partial charge in [0.2, 0.25) is 0 Å². The summed E-state index contributed by atoms with van der Waals surface area (Å²) in [7, 11) is 2.09. The van der Waals surface area contributed by atoms with Gasteiger partial charge in [-0.25, -0.2) is 0 Å². The van der Waals surface area contributed by atoms with Gasteiger partial charge in [-0.3, -0.25) is 9.97 Å². The molecule has 2 heterocycles. The Labute approximate surface area is 114 Å². The van der Waals surface area contributed by atoms with Crippen molar-refractivity contribution < 1.29 is 0 Å². The Bertz CT molecular complexity index is 499. The molecule has 0 fully saturated rings. The summed E-state index contributed by atoms with van der Waals surface area (Å²) in [6.07, 6.45) is 5.52. The van der Waals surface area contributed by atoms with E-state index >= 15 is 0 Å². The summed E-state index contributed by atoms with van der Waals surface area (Å²) in [6, 6.07) is 8.25. The lowest BCUT2D eigenvalue weighted by Crippen LogP contribution is -2.18. The van der Waals surface area contributed by atoms with Crippen molar-refractivity contribution in [1.82, 2.24) is 15.3 Å². The van der Waals surface area contributed by atoms with Crippen LogP contribution in [-0.2, 0) is 13.1 Å². The molecule has 2 aromatic heterocycles. The molecule has 1 N–H and O–H groups in total. The van der Waals surface area contributed by atoms with Crippen LogP contribution in [0.4, 0.5) is 5.69 Å². The first kappa shape index (κ1) is 13.5. The zero-order chi connectivity index (χ0) is 13.5. The highest BCUT2D eigenvalue weighted by molar-refractivity contribution is 5.46. The minimum Gasteiger partial charge on any atom is -0.370 e. The minimum absolute atomic E-state index is 0.813. The molecule has 0 aliphatic rings. The molecule has 100 valence electrons. The molecule has 0 aliphatic heterocycles. The third-order valence-corrected chi connectivity index (χ3v) is 2.97. The smallest absolute Gasteiger partial charge is 0.0562 e. The molecule has 0 spiro atoms. The van der Waals surface area contributed by atoms with Crippen LogP contribution in [0.2, 0.25) is 0 Å². The topological polar surface area (TPSA) is 41.0 Å². The molecule has 4 nitrogen and oxygen atoms in total. The molecule has 0 saturated heterocycles. The van der Waals surface area contributed by atoms with Gasteiger partial charge in [0, 0.05) is 44.4 Å². The first-order valence-corrected chi connectivity index (χ1v) is 6.55. The molecule has 0 amide bonds. The van der Waals surface area contributed by atoms with Crippen LogP contribution in [0.3, 0.4) is 0 Å². The summed E-state index contributed by atoms with van der Waals surface area (Å²) in [5.74, 6) is 0. The van der Waals surface area contributed by atoms with E-state index in [1.807, 2.05) is 36.8 Å². The second-order valence-corrected chi connectivity index (χ2v) is 4.50. The molecular formula is C15H20N4. The fraction of sp³-hybridized carbons (Fsp3) is 0.333. The van der Waals surface area contributed by atoms with Crippen molar-refractivity contribution in [3.63, 3.8) is 0 Å². The number of aromatic nitrogens is 2. The number of nitrogens with zero attached hydrogens (tertiary/aromatic N) is 3. The second kappa shape index (κ2) is 6.85. The van der Waals surface area contributed by atoms with Gasteiger partial charge in [-0.1, -0.05) is 6.92 Å². The number of anilines is 1. The normalized spacial score (nSPS) is 10.4. The average molecular weight is 256 g/mol. The average Bonchev–Trinajstić information content (AvgIpc) is 2.46. The largest absolute Gasteiger partial charge is 0.370 e. The molecule has 0 radical (unpaired) electrons. The van der Waals surface area contributed by atoms with Gasteiger partial charge >= 0.3 is 0 Å². The number of hydrogen-bond acceptors (Lipinski definition) is 4. The van der Waals surface area contributed by atoms with Crippen molar-refractivity contribution in [3.05, 3.63) is 54.1 Å². The van der Waals surface area contributed by atoms with Gasteiger partial charge in [0.05, 0.1) is 5.69 Å². The van der Waals surface area contributed by atoms with Crippen LogP contribution in [0.25, 0.3) is 0 Å². The van der Waals surface area contributed by atoms with Crippen molar-refractivity contribution in [1.29, 1.82) is 0 Å². The SMILES string of the molecule is CCNCc1cc(N(C)Cc2ccncc2)ccn1. The van der Waals surface area contributed by atoms with Crippen LogP contribution < -0.4 is 10.2 Å². The van der Waals surface area contributed by atoms with Crippen molar-refractivity contribution in [2.24, 2.45) is 0 Å². The maximum absolute atomic E-state index is 4.37. The maximum atomic E-state index is 4.37. The van der Waals surface area contributed by atoms with Crippen LogP contribution in [0.15, 0.2) is 42.9 Å². The third kappa shape index (κ3) is 4.03. The number of rotatable bonds is 6. The molecule has 2 aromatic rings. The van der Waals surface area contributed by atoms with Gasteiger partial charge in [0.25, 0.3) is 0 Å². The fourth-order valence-electron chi connectivity index (χ4n) is 1.91.